The molecule has 1 saturated heterocycles. The van der Waals surface area contributed by atoms with Crippen molar-refractivity contribution in [3.05, 3.63) is 106 Å². The molecule has 2 aromatic heterocycles. The number of nitrogens with one attached hydrogen (secondary N) is 1. The quantitative estimate of drug-likeness (QED) is 0.0552. The van der Waals surface area contributed by atoms with Crippen molar-refractivity contribution in [1.29, 1.82) is 10.5 Å². The molecule has 0 saturated carbocycles. The van der Waals surface area contributed by atoms with Crippen molar-refractivity contribution in [1.82, 2.24) is 30.5 Å². The molecule has 0 spiro atoms. The fourth-order valence-corrected chi connectivity index (χ4v) is 9.24. The number of carbonyl (C=O) groups is 1. The molecule has 4 aromatic carbocycles. The third kappa shape index (κ3) is 9.27. The predicted octanol–water partition coefficient (Wildman–Crippen LogP) is 7.81. The predicted molar refractivity (Wildman–Crippen MR) is 240 cm³/mol. The number of fused-ring (bicyclic) bond motifs is 2. The van der Waals surface area contributed by atoms with Gasteiger partial charge in [-0.3, -0.25) is 9.69 Å². The number of hydrogen-bond acceptors (Lipinski definition) is 15. The van der Waals surface area contributed by atoms with E-state index in [1.807, 2.05) is 44.2 Å². The third-order valence-corrected chi connectivity index (χ3v) is 12.5. The van der Waals surface area contributed by atoms with E-state index in [4.69, 9.17) is 28.2 Å². The van der Waals surface area contributed by atoms with Crippen molar-refractivity contribution in [2.24, 2.45) is 5.92 Å². The summed E-state index contributed by atoms with van der Waals surface area (Å²) in [5.41, 5.74) is 8.34. The summed E-state index contributed by atoms with van der Waals surface area (Å²) in [4.78, 5) is 23.0. The van der Waals surface area contributed by atoms with E-state index in [-0.39, 0.29) is 42.2 Å². The number of carboxylic acids is 1. The number of benzene rings is 4. The summed E-state index contributed by atoms with van der Waals surface area (Å²) in [5.74, 6) is 1.32. The van der Waals surface area contributed by atoms with Gasteiger partial charge in [0.15, 0.2) is 6.29 Å². The van der Waals surface area contributed by atoms with Crippen LogP contribution in [0.3, 0.4) is 0 Å². The van der Waals surface area contributed by atoms with Crippen LogP contribution in [-0.4, -0.2) is 86.1 Å². The number of aliphatic hydroxyl groups is 1. The zero-order chi connectivity index (χ0) is 45.9. The van der Waals surface area contributed by atoms with Crippen molar-refractivity contribution in [2.45, 2.75) is 89.9 Å². The Morgan fingerprint density at radius 2 is 1.42 bits per heavy atom. The summed E-state index contributed by atoms with van der Waals surface area (Å²) >= 11 is 0. The molecule has 3 aliphatic rings. The van der Waals surface area contributed by atoms with Crippen LogP contribution in [0, 0.1) is 28.6 Å². The average molecular weight is 891 g/mol. The van der Waals surface area contributed by atoms with Crippen LogP contribution in [0.15, 0.2) is 81.8 Å². The average Bonchev–Trinajstić information content (AvgIpc) is 4.14. The summed E-state index contributed by atoms with van der Waals surface area (Å²) in [6, 6.07) is 27.2. The number of carboxylic acid groups (broad SMARTS) is 1. The summed E-state index contributed by atoms with van der Waals surface area (Å²) < 4.78 is 28.9. The third-order valence-electron chi connectivity index (χ3n) is 12.5. The monoisotopic (exact) mass is 890 g/mol. The van der Waals surface area contributed by atoms with Gasteiger partial charge in [-0.1, -0.05) is 46.7 Å². The van der Waals surface area contributed by atoms with Gasteiger partial charge in [-0.25, -0.2) is 0 Å². The van der Waals surface area contributed by atoms with Crippen LogP contribution < -0.4 is 14.8 Å². The van der Waals surface area contributed by atoms with Crippen molar-refractivity contribution >= 4 is 5.97 Å². The molecule has 1 fully saturated rings. The second kappa shape index (κ2) is 19.3. The van der Waals surface area contributed by atoms with E-state index in [2.05, 4.69) is 49.8 Å². The van der Waals surface area contributed by atoms with Gasteiger partial charge in [0.05, 0.1) is 35.9 Å². The van der Waals surface area contributed by atoms with Crippen LogP contribution in [0.25, 0.3) is 45.7 Å². The lowest BCUT2D eigenvalue weighted by atomic mass is 9.94. The Bertz CT molecular complexity index is 2820. The largest absolute Gasteiger partial charge is 0.490 e. The Hall–Kier alpha value is -6.95. The Morgan fingerprint density at radius 1 is 0.833 bits per heavy atom. The second-order valence-corrected chi connectivity index (χ2v) is 17.3. The van der Waals surface area contributed by atoms with E-state index in [0.29, 0.717) is 71.8 Å². The lowest BCUT2D eigenvalue weighted by molar-refractivity contribution is -0.148. The Morgan fingerprint density at radius 3 is 2.03 bits per heavy atom. The first kappa shape index (κ1) is 44.3. The van der Waals surface area contributed by atoms with Gasteiger partial charge in [-0.05, 0) is 124 Å². The van der Waals surface area contributed by atoms with Crippen LogP contribution in [0.1, 0.15) is 91.9 Å². The van der Waals surface area contributed by atoms with Gasteiger partial charge < -0.3 is 38.8 Å². The number of hydrogen-bond donors (Lipinski definition) is 3. The van der Waals surface area contributed by atoms with Crippen LogP contribution in [0.5, 0.6) is 11.5 Å². The van der Waals surface area contributed by atoms with E-state index >= 15 is 0 Å². The number of aliphatic carboxylic acids is 1. The summed E-state index contributed by atoms with van der Waals surface area (Å²) in [5, 5.41) is 52.0. The molecule has 16 nitrogen and oxygen atoms in total. The van der Waals surface area contributed by atoms with Crippen molar-refractivity contribution in [3.8, 4) is 69.3 Å². The standard InChI is InChI=1S/C50H50N8O8/c1-28(2)63-44-18-12-30(21-32(44)23-51)48-54-46(56-65-48)40-10-4-8-38-36(40)14-16-42(38)53-20-6-7-35(59)27-62-29(3)64-45-19-13-31(22-33(45)24-52)49-55-47(57-66-49)41-11-5-9-39-37(41)15-17-43(39)58-25-34(26-58)50(60)61/h4-5,8-13,18-19,21-22,28-29,34-35,42-43,53,59H,6-7,14-17,20,25-27H2,1-3H3,(H,60,61)/t29-,35+,42+,43+/m1/s1. The molecule has 9 rings (SSSR count). The minimum Gasteiger partial charge on any atom is -0.490 e. The van der Waals surface area contributed by atoms with Crippen molar-refractivity contribution in [3.63, 3.8) is 0 Å². The highest BCUT2D eigenvalue weighted by Crippen LogP contribution is 2.43. The van der Waals surface area contributed by atoms with Gasteiger partial charge >= 0.3 is 5.97 Å². The number of ether oxygens (including phenoxy) is 3. The fraction of sp³-hybridized carbons (Fsp3) is 0.380. The highest BCUT2D eigenvalue weighted by atomic mass is 16.7. The van der Waals surface area contributed by atoms with E-state index in [1.165, 1.54) is 16.7 Å². The molecule has 16 heteroatoms. The molecule has 66 heavy (non-hydrogen) atoms. The normalized spacial score (nSPS) is 17.7. The first-order valence-corrected chi connectivity index (χ1v) is 22.4. The lowest BCUT2D eigenvalue weighted by Crippen LogP contribution is -2.51. The van der Waals surface area contributed by atoms with E-state index < -0.39 is 18.4 Å². The van der Waals surface area contributed by atoms with Crippen LogP contribution in [0.2, 0.25) is 0 Å². The molecule has 3 N–H and O–H groups in total. The first-order valence-electron chi connectivity index (χ1n) is 22.4. The zero-order valence-corrected chi connectivity index (χ0v) is 36.9. The highest BCUT2D eigenvalue weighted by molar-refractivity contribution is 5.72. The molecule has 3 heterocycles. The number of aromatic nitrogens is 4. The molecular weight excluding hydrogens is 841 g/mol. The number of rotatable bonds is 18. The van der Waals surface area contributed by atoms with Gasteiger partial charge in [0.25, 0.3) is 11.8 Å². The molecular formula is C50H50N8O8. The minimum absolute atomic E-state index is 0.0617. The van der Waals surface area contributed by atoms with Crippen molar-refractivity contribution < 1.29 is 38.3 Å². The maximum Gasteiger partial charge on any atom is 0.309 e. The Kier molecular flexibility index (Phi) is 12.9. The Balaban J connectivity index is 0.737. The second-order valence-electron chi connectivity index (χ2n) is 17.3. The minimum atomic E-state index is -0.747. The van der Waals surface area contributed by atoms with Crippen LogP contribution in [-0.2, 0) is 22.4 Å². The molecule has 4 atom stereocenters. The Labute approximate surface area is 381 Å². The van der Waals surface area contributed by atoms with E-state index in [0.717, 1.165) is 48.8 Å². The smallest absolute Gasteiger partial charge is 0.309 e. The highest BCUT2D eigenvalue weighted by Gasteiger charge is 2.40. The van der Waals surface area contributed by atoms with Crippen molar-refractivity contribution in [2.75, 3.05) is 26.2 Å². The fourth-order valence-electron chi connectivity index (χ4n) is 9.24. The van der Waals surface area contributed by atoms with Gasteiger partial charge in [0.1, 0.15) is 23.6 Å². The zero-order valence-electron chi connectivity index (χ0n) is 36.9. The molecule has 0 bridgehead atoms. The van der Waals surface area contributed by atoms with Gasteiger partial charge in [0, 0.05) is 47.4 Å². The topological polar surface area (TPSA) is 226 Å². The molecule has 0 unspecified atom stereocenters. The maximum absolute atomic E-state index is 11.4. The van der Waals surface area contributed by atoms with Crippen LogP contribution >= 0.6 is 0 Å². The molecule has 1 aliphatic heterocycles. The molecule has 338 valence electrons. The number of nitrogens with zero attached hydrogens (tertiary/aromatic N) is 7. The van der Waals surface area contributed by atoms with Gasteiger partial charge in [0.2, 0.25) is 11.6 Å². The molecule has 6 aromatic rings. The van der Waals surface area contributed by atoms with E-state index in [9.17, 15) is 25.5 Å². The summed E-state index contributed by atoms with van der Waals surface area (Å²) in [6.07, 6.45) is 3.24. The number of likely N-dealkylation sites (tertiary alicyclic amines) is 1. The maximum atomic E-state index is 11.4. The summed E-state index contributed by atoms with van der Waals surface area (Å²) in [6.45, 7) is 7.40. The molecule has 0 radical (unpaired) electrons. The number of aliphatic hydroxyl groups excluding tert-OH is 1. The van der Waals surface area contributed by atoms with Gasteiger partial charge in [-0.15, -0.1) is 0 Å². The van der Waals surface area contributed by atoms with E-state index in [1.54, 1.807) is 37.3 Å². The first-order chi connectivity index (χ1) is 32.1. The SMILES string of the molecule is CC(C)Oc1ccc(-c2nc(-c3cccc4c3CC[C@@H]4NCCC[C@H](O)CO[C@@H](C)Oc3ccc(-c4nc(-c5cccc6c5CC[C@@H]6N5CC(C(=O)O)C5)no4)cc3C#N)no2)cc1C#N. The summed E-state index contributed by atoms with van der Waals surface area (Å²) in [7, 11) is 0. The van der Waals surface area contributed by atoms with Crippen LogP contribution in [0.4, 0.5) is 0 Å². The lowest BCUT2D eigenvalue weighted by Gasteiger charge is -2.41. The molecule has 2 aliphatic carbocycles. The van der Waals surface area contributed by atoms with Gasteiger partial charge in [-0.2, -0.15) is 20.5 Å². The molecule has 0 amide bonds. The number of nitriles is 2.